The molecule has 5 aromatic rings. The predicted octanol–water partition coefficient (Wildman–Crippen LogP) is 6.61. The largest absolute Gasteiger partial charge is 0.309 e. The Morgan fingerprint density at radius 2 is 1.46 bits per heavy atom. The van der Waals surface area contributed by atoms with Crippen LogP contribution in [-0.2, 0) is 0 Å². The van der Waals surface area contributed by atoms with Crippen LogP contribution >= 0.6 is 15.9 Å². The van der Waals surface area contributed by atoms with Crippen LogP contribution < -0.4 is 0 Å². The average Bonchev–Trinajstić information content (AvgIpc) is 3.02. The molecule has 0 saturated heterocycles. The summed E-state index contributed by atoms with van der Waals surface area (Å²) < 4.78 is 3.41. The Balaban J connectivity index is 1.87. The summed E-state index contributed by atoms with van der Waals surface area (Å²) in [5.41, 5.74) is 5.89. The molecule has 124 valence electrons. The zero-order valence-electron chi connectivity index (χ0n) is 13.9. The van der Waals surface area contributed by atoms with Gasteiger partial charge in [0.15, 0.2) is 0 Å². The summed E-state index contributed by atoms with van der Waals surface area (Å²) in [6, 6.07) is 27.7. The molecule has 0 spiro atoms. The van der Waals surface area contributed by atoms with Crippen LogP contribution in [0.1, 0.15) is 0 Å². The van der Waals surface area contributed by atoms with Gasteiger partial charge in [-0.3, -0.25) is 4.98 Å². The van der Waals surface area contributed by atoms with Crippen molar-refractivity contribution in [2.75, 3.05) is 0 Å². The van der Waals surface area contributed by atoms with E-state index in [1.165, 1.54) is 33.1 Å². The van der Waals surface area contributed by atoms with Gasteiger partial charge < -0.3 is 4.57 Å². The molecular formula is C23H15BrN2. The van der Waals surface area contributed by atoms with Crippen molar-refractivity contribution in [1.82, 2.24) is 9.55 Å². The normalized spacial score (nSPS) is 11.3. The van der Waals surface area contributed by atoms with Crippen molar-refractivity contribution in [3.8, 4) is 16.8 Å². The lowest BCUT2D eigenvalue weighted by molar-refractivity contribution is 1.18. The molecule has 3 aromatic carbocycles. The number of fused-ring (bicyclic) bond motifs is 3. The van der Waals surface area contributed by atoms with Crippen LogP contribution in [0.5, 0.6) is 0 Å². The van der Waals surface area contributed by atoms with Gasteiger partial charge in [-0.05, 0) is 54.1 Å². The fourth-order valence-corrected chi connectivity index (χ4v) is 3.92. The topological polar surface area (TPSA) is 17.8 Å². The molecule has 2 nitrogen and oxygen atoms in total. The highest BCUT2D eigenvalue weighted by Crippen LogP contribution is 2.35. The van der Waals surface area contributed by atoms with E-state index in [0.29, 0.717) is 0 Å². The van der Waals surface area contributed by atoms with Crippen molar-refractivity contribution >= 4 is 37.7 Å². The Morgan fingerprint density at radius 3 is 2.23 bits per heavy atom. The molecule has 0 amide bonds. The van der Waals surface area contributed by atoms with Gasteiger partial charge in [0.2, 0.25) is 0 Å². The molecule has 2 aromatic heterocycles. The quantitative estimate of drug-likeness (QED) is 0.327. The van der Waals surface area contributed by atoms with Gasteiger partial charge in [0.25, 0.3) is 0 Å². The van der Waals surface area contributed by atoms with Gasteiger partial charge in [0.1, 0.15) is 0 Å². The van der Waals surface area contributed by atoms with Crippen molar-refractivity contribution < 1.29 is 0 Å². The van der Waals surface area contributed by atoms with E-state index in [1.54, 1.807) is 6.20 Å². The lowest BCUT2D eigenvalue weighted by Crippen LogP contribution is -1.92. The van der Waals surface area contributed by atoms with Crippen LogP contribution in [0.3, 0.4) is 0 Å². The summed E-state index contributed by atoms with van der Waals surface area (Å²) in [4.78, 5) is 4.26. The van der Waals surface area contributed by atoms with E-state index in [2.05, 4.69) is 98.3 Å². The molecule has 3 heteroatoms. The first-order valence-corrected chi connectivity index (χ1v) is 9.30. The first-order chi connectivity index (χ1) is 12.8. The molecule has 0 aliphatic heterocycles. The van der Waals surface area contributed by atoms with Crippen molar-refractivity contribution in [3.63, 3.8) is 0 Å². The van der Waals surface area contributed by atoms with Crippen LogP contribution in [0.2, 0.25) is 0 Å². The second-order valence-corrected chi connectivity index (χ2v) is 7.22. The number of benzene rings is 3. The molecule has 0 radical (unpaired) electrons. The summed E-state index contributed by atoms with van der Waals surface area (Å²) in [6.07, 6.45) is 3.72. The number of hydrogen-bond acceptors (Lipinski definition) is 1. The number of halogens is 1. The minimum Gasteiger partial charge on any atom is -0.309 e. The minimum absolute atomic E-state index is 1.09. The molecule has 0 aliphatic rings. The second-order valence-electron chi connectivity index (χ2n) is 6.31. The number of para-hydroxylation sites is 1. The Hall–Kier alpha value is -2.91. The molecule has 26 heavy (non-hydrogen) atoms. The summed E-state index contributed by atoms with van der Waals surface area (Å²) in [5, 5.41) is 2.48. The number of nitrogens with zero attached hydrogens (tertiary/aromatic N) is 2. The zero-order chi connectivity index (χ0) is 17.5. The highest BCUT2D eigenvalue weighted by molar-refractivity contribution is 9.10. The maximum atomic E-state index is 4.26. The third kappa shape index (κ3) is 2.44. The molecule has 0 fully saturated rings. The molecule has 0 bridgehead atoms. The van der Waals surface area contributed by atoms with Crippen LogP contribution in [0.4, 0.5) is 0 Å². The monoisotopic (exact) mass is 398 g/mol. The molecule has 0 saturated carbocycles. The highest BCUT2D eigenvalue weighted by atomic mass is 79.9. The van der Waals surface area contributed by atoms with Gasteiger partial charge in [-0.25, -0.2) is 0 Å². The van der Waals surface area contributed by atoms with Crippen LogP contribution in [0, 0.1) is 0 Å². The molecule has 0 unspecified atom stereocenters. The fourth-order valence-electron chi connectivity index (χ4n) is 3.56. The summed E-state index contributed by atoms with van der Waals surface area (Å²) in [5.74, 6) is 0. The van der Waals surface area contributed by atoms with Gasteiger partial charge in [0, 0.05) is 38.9 Å². The van der Waals surface area contributed by atoms with Gasteiger partial charge in [-0.2, -0.15) is 0 Å². The molecule has 2 heterocycles. The minimum atomic E-state index is 1.09. The van der Waals surface area contributed by atoms with E-state index in [4.69, 9.17) is 0 Å². The van der Waals surface area contributed by atoms with Crippen LogP contribution in [-0.4, -0.2) is 9.55 Å². The highest BCUT2D eigenvalue weighted by Gasteiger charge is 2.13. The summed E-state index contributed by atoms with van der Waals surface area (Å²) in [7, 11) is 0. The van der Waals surface area contributed by atoms with E-state index in [0.717, 1.165) is 10.0 Å². The van der Waals surface area contributed by atoms with Crippen molar-refractivity contribution in [2.24, 2.45) is 0 Å². The average molecular weight is 399 g/mol. The maximum absolute atomic E-state index is 4.26. The van der Waals surface area contributed by atoms with Crippen LogP contribution in [0.25, 0.3) is 38.6 Å². The standard InChI is InChI=1S/C23H15BrN2/c24-18-9-11-23-21(14-18)20-13-16(17-5-4-12-25-15-17)8-10-22(20)26(23)19-6-2-1-3-7-19/h1-15H. The molecule has 0 aliphatic carbocycles. The number of hydrogen-bond donors (Lipinski definition) is 0. The number of aromatic nitrogens is 2. The Morgan fingerprint density at radius 1 is 0.692 bits per heavy atom. The second kappa shape index (κ2) is 6.11. The van der Waals surface area contributed by atoms with E-state index >= 15 is 0 Å². The summed E-state index contributed by atoms with van der Waals surface area (Å²) >= 11 is 3.63. The number of rotatable bonds is 2. The van der Waals surface area contributed by atoms with Gasteiger partial charge >= 0.3 is 0 Å². The smallest absolute Gasteiger partial charge is 0.0541 e. The van der Waals surface area contributed by atoms with Crippen molar-refractivity contribution in [3.05, 3.63) is 95.7 Å². The van der Waals surface area contributed by atoms with E-state index < -0.39 is 0 Å². The maximum Gasteiger partial charge on any atom is 0.0541 e. The fraction of sp³-hybridized carbons (Fsp3) is 0. The first-order valence-electron chi connectivity index (χ1n) is 8.51. The Kier molecular flexibility index (Phi) is 3.61. The SMILES string of the molecule is Brc1ccc2c(c1)c1cc(-c3cccnc3)ccc1n2-c1ccccc1. The third-order valence-corrected chi connectivity index (χ3v) is 5.23. The van der Waals surface area contributed by atoms with Gasteiger partial charge in [-0.15, -0.1) is 0 Å². The number of pyridine rings is 1. The Labute approximate surface area is 159 Å². The Bertz CT molecular complexity index is 1230. The zero-order valence-corrected chi connectivity index (χ0v) is 15.5. The molecule has 0 N–H and O–H groups in total. The van der Waals surface area contributed by atoms with Crippen molar-refractivity contribution in [1.29, 1.82) is 0 Å². The van der Waals surface area contributed by atoms with E-state index in [-0.39, 0.29) is 0 Å². The molecule has 5 rings (SSSR count). The lowest BCUT2D eigenvalue weighted by atomic mass is 10.0. The molecule has 0 atom stereocenters. The van der Waals surface area contributed by atoms with E-state index in [9.17, 15) is 0 Å². The predicted molar refractivity (Wildman–Crippen MR) is 112 cm³/mol. The summed E-state index contributed by atoms with van der Waals surface area (Å²) in [6.45, 7) is 0. The first kappa shape index (κ1) is 15.4. The lowest BCUT2D eigenvalue weighted by Gasteiger charge is -2.08. The van der Waals surface area contributed by atoms with Crippen LogP contribution in [0.15, 0.2) is 95.7 Å². The van der Waals surface area contributed by atoms with Gasteiger partial charge in [0.05, 0.1) is 11.0 Å². The van der Waals surface area contributed by atoms with E-state index in [1.807, 2.05) is 12.3 Å². The third-order valence-electron chi connectivity index (χ3n) is 4.74. The van der Waals surface area contributed by atoms with Gasteiger partial charge in [-0.1, -0.05) is 46.3 Å². The van der Waals surface area contributed by atoms with Crippen molar-refractivity contribution in [2.45, 2.75) is 0 Å². The molecular weight excluding hydrogens is 384 g/mol.